The van der Waals surface area contributed by atoms with E-state index < -0.39 is 6.10 Å². The average Bonchev–Trinajstić information content (AvgIpc) is 3.86. The molecule has 0 aromatic carbocycles. The largest absolute Gasteiger partial charge is 0.462 e. The molecule has 49 heavy (non-hydrogen) atoms. The van der Waals surface area contributed by atoms with Crippen LogP contribution in [0.25, 0.3) is 0 Å². The molecule has 6 heteroatoms. The number of hydrogen-bond acceptors (Lipinski definition) is 6. The van der Waals surface area contributed by atoms with Crippen molar-refractivity contribution in [2.24, 2.45) is 0 Å². The van der Waals surface area contributed by atoms with Crippen LogP contribution in [0, 0.1) is 0 Å². The van der Waals surface area contributed by atoms with Crippen molar-refractivity contribution in [3.63, 3.8) is 0 Å². The molecular formula is C43H80O6. The van der Waals surface area contributed by atoms with Gasteiger partial charge in [0.25, 0.3) is 0 Å². The molecule has 1 saturated heterocycles. The summed E-state index contributed by atoms with van der Waals surface area (Å²) < 4.78 is 16.4. The average molecular weight is 693 g/mol. The summed E-state index contributed by atoms with van der Waals surface area (Å²) in [4.78, 5) is 24.3. The van der Waals surface area contributed by atoms with E-state index in [0.29, 0.717) is 25.0 Å². The van der Waals surface area contributed by atoms with Crippen molar-refractivity contribution in [1.82, 2.24) is 0 Å². The maximum atomic E-state index is 12.2. The van der Waals surface area contributed by atoms with Crippen LogP contribution in [0.15, 0.2) is 12.2 Å². The monoisotopic (exact) mass is 693 g/mol. The van der Waals surface area contributed by atoms with Crippen molar-refractivity contribution in [3.05, 3.63) is 12.2 Å². The van der Waals surface area contributed by atoms with E-state index in [1.807, 2.05) is 0 Å². The number of carbonyl (C=O) groups excluding carboxylic acids is 2. The molecule has 1 fully saturated rings. The lowest BCUT2D eigenvalue weighted by Crippen LogP contribution is -2.28. The Hall–Kier alpha value is -1.40. The van der Waals surface area contributed by atoms with Gasteiger partial charge in [0, 0.05) is 12.8 Å². The van der Waals surface area contributed by atoms with Gasteiger partial charge in [-0.2, -0.15) is 0 Å². The topological polar surface area (TPSA) is 85.4 Å². The SMILES string of the molecule is CCCCCCCCCCCCCCCCCCCCCC(=O)OC[C@H](CO)OC(=O)CCCCCCC/C=C\CC1OC1CCCCC. The van der Waals surface area contributed by atoms with Crippen molar-refractivity contribution < 1.29 is 28.9 Å². The lowest BCUT2D eigenvalue weighted by Gasteiger charge is -2.15. The molecule has 0 radical (unpaired) electrons. The smallest absolute Gasteiger partial charge is 0.306 e. The van der Waals surface area contributed by atoms with Crippen LogP contribution < -0.4 is 0 Å². The first-order valence-corrected chi connectivity index (χ1v) is 21.4. The van der Waals surface area contributed by atoms with E-state index in [4.69, 9.17) is 14.2 Å². The number of aliphatic hydroxyl groups excluding tert-OH is 1. The highest BCUT2D eigenvalue weighted by Crippen LogP contribution is 2.30. The standard InChI is InChI=1S/C43H80O6/c1-3-5-7-8-9-10-11-12-13-14-15-16-17-18-19-20-24-27-31-35-42(45)47-38-39(37-44)48-43(46)36-32-28-25-22-21-23-26-30-34-41-40(49-41)33-29-6-4-2/h26,30,39-41,44H,3-25,27-29,31-38H2,1-2H3/b30-26-/t39-,40?,41?/m0/s1. The van der Waals surface area contributed by atoms with Crippen LogP contribution in [0.1, 0.15) is 219 Å². The van der Waals surface area contributed by atoms with Gasteiger partial charge in [-0.25, -0.2) is 0 Å². The zero-order valence-electron chi connectivity index (χ0n) is 32.4. The molecule has 1 aliphatic rings. The lowest BCUT2D eigenvalue weighted by atomic mass is 10.0. The third-order valence-electron chi connectivity index (χ3n) is 9.98. The molecule has 1 heterocycles. The van der Waals surface area contributed by atoms with Crippen molar-refractivity contribution in [2.75, 3.05) is 13.2 Å². The van der Waals surface area contributed by atoms with Gasteiger partial charge in [0.1, 0.15) is 6.61 Å². The highest BCUT2D eigenvalue weighted by atomic mass is 16.6. The molecule has 0 bridgehead atoms. The summed E-state index contributed by atoms with van der Waals surface area (Å²) in [5.41, 5.74) is 0. The van der Waals surface area contributed by atoms with Gasteiger partial charge >= 0.3 is 11.9 Å². The van der Waals surface area contributed by atoms with Crippen LogP contribution in [0.3, 0.4) is 0 Å². The summed E-state index contributed by atoms with van der Waals surface area (Å²) in [5, 5.41) is 9.57. The fourth-order valence-electron chi connectivity index (χ4n) is 6.62. The van der Waals surface area contributed by atoms with Crippen LogP contribution in [-0.4, -0.2) is 48.6 Å². The molecule has 1 aliphatic heterocycles. The Balaban J connectivity index is 1.84. The summed E-state index contributed by atoms with van der Waals surface area (Å²) in [6.45, 7) is 4.11. The number of esters is 2. The van der Waals surface area contributed by atoms with E-state index in [9.17, 15) is 14.7 Å². The number of hydrogen-bond donors (Lipinski definition) is 1. The van der Waals surface area contributed by atoms with Gasteiger partial charge in [0.15, 0.2) is 6.10 Å². The molecule has 6 nitrogen and oxygen atoms in total. The molecule has 1 rings (SSSR count). The fraction of sp³-hybridized carbons (Fsp3) is 0.907. The predicted molar refractivity (Wildman–Crippen MR) is 205 cm³/mol. The maximum absolute atomic E-state index is 12.2. The normalized spacial score (nSPS) is 16.3. The van der Waals surface area contributed by atoms with Crippen molar-refractivity contribution >= 4 is 11.9 Å². The van der Waals surface area contributed by atoms with Gasteiger partial charge in [-0.1, -0.05) is 180 Å². The second kappa shape index (κ2) is 35.0. The molecule has 0 spiro atoms. The molecule has 0 aromatic rings. The van der Waals surface area contributed by atoms with Crippen LogP contribution >= 0.6 is 0 Å². The summed E-state index contributed by atoms with van der Waals surface area (Å²) in [7, 11) is 0. The van der Waals surface area contributed by atoms with E-state index >= 15 is 0 Å². The number of carbonyl (C=O) groups is 2. The van der Waals surface area contributed by atoms with Crippen molar-refractivity contribution in [3.8, 4) is 0 Å². The molecule has 0 aromatic heterocycles. The molecule has 0 saturated carbocycles. The van der Waals surface area contributed by atoms with E-state index in [-0.39, 0.29) is 25.2 Å². The van der Waals surface area contributed by atoms with Crippen LogP contribution in [0.2, 0.25) is 0 Å². The van der Waals surface area contributed by atoms with Crippen molar-refractivity contribution in [1.29, 1.82) is 0 Å². The minimum Gasteiger partial charge on any atom is -0.462 e. The van der Waals surface area contributed by atoms with Crippen LogP contribution in [0.4, 0.5) is 0 Å². The summed E-state index contributed by atoms with van der Waals surface area (Å²) >= 11 is 0. The Morgan fingerprint density at radius 3 is 1.53 bits per heavy atom. The predicted octanol–water partition coefficient (Wildman–Crippen LogP) is 12.3. The Kier molecular flexibility index (Phi) is 32.6. The number of ether oxygens (including phenoxy) is 3. The first kappa shape index (κ1) is 45.6. The second-order valence-corrected chi connectivity index (χ2v) is 14.8. The zero-order chi connectivity index (χ0) is 35.5. The maximum Gasteiger partial charge on any atom is 0.306 e. The van der Waals surface area contributed by atoms with E-state index in [1.165, 1.54) is 135 Å². The second-order valence-electron chi connectivity index (χ2n) is 14.8. The Morgan fingerprint density at radius 2 is 1.02 bits per heavy atom. The van der Waals surface area contributed by atoms with Gasteiger partial charge in [0.2, 0.25) is 0 Å². The third-order valence-corrected chi connectivity index (χ3v) is 9.98. The Labute approximate surface area is 303 Å². The van der Waals surface area contributed by atoms with Gasteiger partial charge in [-0.3, -0.25) is 9.59 Å². The number of unbranched alkanes of at least 4 members (excludes halogenated alkanes) is 25. The fourth-order valence-corrected chi connectivity index (χ4v) is 6.62. The summed E-state index contributed by atoms with van der Waals surface area (Å²) in [6, 6.07) is 0. The molecule has 1 N–H and O–H groups in total. The van der Waals surface area contributed by atoms with E-state index in [2.05, 4.69) is 26.0 Å². The minimum atomic E-state index is -0.777. The number of aliphatic hydroxyl groups is 1. The van der Waals surface area contributed by atoms with Gasteiger partial charge in [-0.05, 0) is 38.5 Å². The van der Waals surface area contributed by atoms with Crippen molar-refractivity contribution in [2.45, 2.75) is 238 Å². The highest BCUT2D eigenvalue weighted by Gasteiger charge is 2.36. The quantitative estimate of drug-likeness (QED) is 0.0300. The summed E-state index contributed by atoms with van der Waals surface area (Å²) in [5.74, 6) is -0.601. The summed E-state index contributed by atoms with van der Waals surface area (Å²) in [6.07, 6.45) is 43.1. The molecule has 0 aliphatic carbocycles. The zero-order valence-corrected chi connectivity index (χ0v) is 32.4. The Bertz CT molecular complexity index is 767. The van der Waals surface area contributed by atoms with Crippen LogP contribution in [0.5, 0.6) is 0 Å². The first-order chi connectivity index (χ1) is 24.1. The number of allylic oxidation sites excluding steroid dienone is 1. The highest BCUT2D eigenvalue weighted by molar-refractivity contribution is 5.70. The van der Waals surface area contributed by atoms with Crippen LogP contribution in [-0.2, 0) is 23.8 Å². The Morgan fingerprint density at radius 1 is 0.571 bits per heavy atom. The molecule has 0 amide bonds. The van der Waals surface area contributed by atoms with E-state index in [1.54, 1.807) is 0 Å². The van der Waals surface area contributed by atoms with Gasteiger partial charge in [-0.15, -0.1) is 0 Å². The van der Waals surface area contributed by atoms with Gasteiger partial charge in [0.05, 0.1) is 18.8 Å². The number of epoxide rings is 1. The first-order valence-electron chi connectivity index (χ1n) is 21.4. The lowest BCUT2D eigenvalue weighted by molar-refractivity contribution is -0.161. The van der Waals surface area contributed by atoms with Gasteiger partial charge < -0.3 is 19.3 Å². The van der Waals surface area contributed by atoms with E-state index in [0.717, 1.165) is 57.8 Å². The molecule has 288 valence electrons. The molecular weight excluding hydrogens is 612 g/mol. The molecule has 2 unspecified atom stereocenters. The minimum absolute atomic E-state index is 0.0693. The third kappa shape index (κ3) is 31.1. The molecule has 3 atom stereocenters. The number of rotatable bonds is 38.